The second-order valence-corrected chi connectivity index (χ2v) is 5.35. The summed E-state index contributed by atoms with van der Waals surface area (Å²) in [5, 5.41) is -3.91. The summed E-state index contributed by atoms with van der Waals surface area (Å²) >= 11 is 2.63. The molecule has 23 heavy (non-hydrogen) atoms. The zero-order chi connectivity index (χ0) is 18.9. The molecular weight excluding hydrogens is 361 g/mol. The van der Waals surface area contributed by atoms with Crippen molar-refractivity contribution in [3.63, 3.8) is 0 Å². The number of carbonyl (C=O) groups is 2. The lowest BCUT2D eigenvalue weighted by Crippen LogP contribution is -2.53. The molecule has 0 amide bonds. The number of halogens is 7. The summed E-state index contributed by atoms with van der Waals surface area (Å²) in [4.78, 5) is 22.3. The molecule has 0 heterocycles. The molecule has 0 fully saturated rings. The van der Waals surface area contributed by atoms with Gasteiger partial charge < -0.3 is 9.47 Å². The van der Waals surface area contributed by atoms with E-state index in [1.54, 1.807) is 0 Å². The predicted molar refractivity (Wildman–Crippen MR) is 65.2 cm³/mol. The highest BCUT2D eigenvalue weighted by Gasteiger charge is 2.59. The van der Waals surface area contributed by atoms with E-state index in [4.69, 9.17) is 0 Å². The Kier molecular flexibility index (Phi) is 6.16. The van der Waals surface area contributed by atoms with Gasteiger partial charge in [0.1, 0.15) is 5.57 Å². The number of hydrogen-bond donors (Lipinski definition) is 1. The van der Waals surface area contributed by atoms with E-state index in [-0.39, 0.29) is 0 Å². The van der Waals surface area contributed by atoms with Crippen LogP contribution in [-0.4, -0.2) is 41.5 Å². The molecule has 0 aliphatic heterocycles. The Morgan fingerprint density at radius 3 is 1.83 bits per heavy atom. The molecule has 0 atom stereocenters. The van der Waals surface area contributed by atoms with Gasteiger partial charge in [-0.3, -0.25) is 0 Å². The summed E-state index contributed by atoms with van der Waals surface area (Å²) in [6.45, 7) is 1.31. The highest BCUT2D eigenvalue weighted by atomic mass is 32.1. The molecule has 0 bridgehead atoms. The number of rotatable bonds is 6. The maximum Gasteiger partial charge on any atom is 0.422 e. The van der Waals surface area contributed by atoms with E-state index in [9.17, 15) is 40.3 Å². The Balaban J connectivity index is 5.13. The molecule has 0 radical (unpaired) electrons. The average molecular weight is 372 g/mol. The quantitative estimate of drug-likeness (QED) is 0.337. The Labute approximate surface area is 131 Å². The maximum atomic E-state index is 13.8. The Morgan fingerprint density at radius 2 is 1.48 bits per heavy atom. The molecule has 0 aromatic carbocycles. The van der Waals surface area contributed by atoms with Gasteiger partial charge in [-0.15, -0.1) is 12.6 Å². The monoisotopic (exact) mass is 372 g/mol. The molecule has 4 nitrogen and oxygen atoms in total. The minimum absolute atomic E-state index is 0.397. The number of thiol groups is 1. The van der Waals surface area contributed by atoms with Gasteiger partial charge in [-0.05, 0) is 13.8 Å². The van der Waals surface area contributed by atoms with Crippen LogP contribution in [0.25, 0.3) is 0 Å². The summed E-state index contributed by atoms with van der Waals surface area (Å²) in [6.07, 6.45) is -5.24. The lowest BCUT2D eigenvalue weighted by molar-refractivity contribution is -0.220. The molecule has 0 aromatic rings. The molecule has 0 saturated carbocycles. The molecule has 0 aromatic heterocycles. The molecule has 0 unspecified atom stereocenters. The first-order chi connectivity index (χ1) is 9.92. The first-order valence-corrected chi connectivity index (χ1v) is 6.01. The third kappa shape index (κ3) is 5.92. The largest absolute Gasteiger partial charge is 0.454 e. The smallest absolute Gasteiger partial charge is 0.422 e. The number of alkyl halides is 7. The third-order valence-electron chi connectivity index (χ3n) is 2.33. The van der Waals surface area contributed by atoms with E-state index in [0.717, 1.165) is 0 Å². The lowest BCUT2D eigenvalue weighted by Gasteiger charge is -2.32. The van der Waals surface area contributed by atoms with Crippen molar-refractivity contribution >= 4 is 24.6 Å². The normalized spacial score (nSPS) is 13.5. The van der Waals surface area contributed by atoms with Crippen LogP contribution in [0.5, 0.6) is 0 Å². The van der Waals surface area contributed by atoms with E-state index >= 15 is 0 Å². The fourth-order valence-electron chi connectivity index (χ4n) is 0.962. The zero-order valence-corrected chi connectivity index (χ0v) is 12.5. The molecule has 0 spiro atoms. The summed E-state index contributed by atoms with van der Waals surface area (Å²) in [5.41, 5.74) is -5.21. The maximum absolute atomic E-state index is 13.8. The van der Waals surface area contributed by atoms with Crippen molar-refractivity contribution in [3.05, 3.63) is 12.2 Å². The van der Waals surface area contributed by atoms with Crippen LogP contribution in [0, 0.1) is 0 Å². The summed E-state index contributed by atoms with van der Waals surface area (Å²) < 4.78 is 96.4. The second kappa shape index (κ2) is 6.57. The number of esters is 2. The summed E-state index contributed by atoms with van der Waals surface area (Å²) in [5.74, 6) is -9.50. The van der Waals surface area contributed by atoms with Crippen molar-refractivity contribution < 1.29 is 49.8 Å². The molecule has 0 saturated heterocycles. The molecule has 134 valence electrons. The van der Waals surface area contributed by atoms with Crippen LogP contribution in [0.4, 0.5) is 30.7 Å². The summed E-state index contributed by atoms with van der Waals surface area (Å²) in [6, 6.07) is 0. The highest BCUT2D eigenvalue weighted by Crippen LogP contribution is 2.35. The standard InChI is InChI=1S/C11H11F7O4S/c1-5(11(16,17)18)6(19)22-8(2,3)10(14,15)7(20)21-4-9(12,13)23/h23H,1,4H2,2-3H3. The summed E-state index contributed by atoms with van der Waals surface area (Å²) in [7, 11) is 0. The van der Waals surface area contributed by atoms with Crippen LogP contribution in [0.2, 0.25) is 0 Å². The van der Waals surface area contributed by atoms with E-state index in [0.29, 0.717) is 13.8 Å². The topological polar surface area (TPSA) is 52.6 Å². The molecule has 0 aliphatic carbocycles. The number of ether oxygens (including phenoxy) is 2. The van der Waals surface area contributed by atoms with Crippen LogP contribution in [0.1, 0.15) is 13.8 Å². The second-order valence-electron chi connectivity index (χ2n) is 4.69. The van der Waals surface area contributed by atoms with Crippen LogP contribution >= 0.6 is 12.6 Å². The molecule has 0 aliphatic rings. The minimum atomic E-state index is -5.24. The minimum Gasteiger partial charge on any atom is -0.454 e. The van der Waals surface area contributed by atoms with Gasteiger partial charge in [0.2, 0.25) is 0 Å². The zero-order valence-electron chi connectivity index (χ0n) is 11.6. The third-order valence-corrected chi connectivity index (χ3v) is 2.45. The van der Waals surface area contributed by atoms with E-state index < -0.39 is 47.1 Å². The van der Waals surface area contributed by atoms with Crippen LogP contribution in [-0.2, 0) is 19.1 Å². The fraction of sp³-hybridized carbons (Fsp3) is 0.636. The SMILES string of the molecule is C=C(C(=O)OC(C)(C)C(F)(F)C(=O)OCC(F)(F)S)C(F)(F)F. The van der Waals surface area contributed by atoms with Crippen molar-refractivity contribution in [3.8, 4) is 0 Å². The van der Waals surface area contributed by atoms with E-state index in [1.165, 1.54) is 0 Å². The lowest BCUT2D eigenvalue weighted by atomic mass is 10.00. The van der Waals surface area contributed by atoms with Crippen molar-refractivity contribution in [1.82, 2.24) is 0 Å². The van der Waals surface area contributed by atoms with Crippen LogP contribution in [0.15, 0.2) is 12.2 Å². The Morgan fingerprint density at radius 1 is 1.04 bits per heavy atom. The molecule has 0 rings (SSSR count). The number of hydrogen-bond acceptors (Lipinski definition) is 5. The average Bonchev–Trinajstić information content (AvgIpc) is 2.31. The van der Waals surface area contributed by atoms with Gasteiger partial charge in [-0.1, -0.05) is 6.58 Å². The van der Waals surface area contributed by atoms with Crippen molar-refractivity contribution in [2.24, 2.45) is 0 Å². The van der Waals surface area contributed by atoms with E-state index in [1.807, 2.05) is 0 Å². The number of carbonyl (C=O) groups excluding carboxylic acids is 2. The van der Waals surface area contributed by atoms with Gasteiger partial charge in [-0.2, -0.15) is 30.7 Å². The Hall–Kier alpha value is -1.46. The van der Waals surface area contributed by atoms with Crippen molar-refractivity contribution in [2.45, 2.75) is 36.8 Å². The Bertz CT molecular complexity index is 494. The molecular formula is C11H11F7O4S. The van der Waals surface area contributed by atoms with Crippen molar-refractivity contribution in [2.75, 3.05) is 6.61 Å². The molecule has 0 N–H and O–H groups in total. The molecule has 12 heteroatoms. The van der Waals surface area contributed by atoms with E-state index in [2.05, 4.69) is 28.7 Å². The van der Waals surface area contributed by atoms with Gasteiger partial charge in [0, 0.05) is 0 Å². The first-order valence-electron chi connectivity index (χ1n) is 5.56. The van der Waals surface area contributed by atoms with Crippen LogP contribution < -0.4 is 0 Å². The van der Waals surface area contributed by atoms with Gasteiger partial charge in [0.15, 0.2) is 12.2 Å². The fourth-order valence-corrected chi connectivity index (χ4v) is 1.03. The highest BCUT2D eigenvalue weighted by molar-refractivity contribution is 7.81. The van der Waals surface area contributed by atoms with Gasteiger partial charge in [0.05, 0.1) is 0 Å². The van der Waals surface area contributed by atoms with Crippen molar-refractivity contribution in [1.29, 1.82) is 0 Å². The van der Waals surface area contributed by atoms with Crippen LogP contribution in [0.3, 0.4) is 0 Å². The van der Waals surface area contributed by atoms with Gasteiger partial charge in [0.25, 0.3) is 0 Å². The predicted octanol–water partition coefficient (Wildman–Crippen LogP) is 3.13. The van der Waals surface area contributed by atoms with Gasteiger partial charge in [-0.25, -0.2) is 9.59 Å². The first kappa shape index (κ1) is 21.5. The van der Waals surface area contributed by atoms with Gasteiger partial charge >= 0.3 is 29.3 Å².